The number of hydrogen-bond acceptors (Lipinski definition) is 3. The van der Waals surface area contributed by atoms with Crippen LogP contribution in [0.3, 0.4) is 0 Å². The van der Waals surface area contributed by atoms with Crippen molar-refractivity contribution in [3.8, 4) is 6.19 Å². The minimum atomic E-state index is -0.0936. The number of rotatable bonds is 1. The van der Waals surface area contributed by atoms with Crippen LogP contribution in [0.2, 0.25) is 0 Å². The average molecular weight is 236 g/mol. The third-order valence-electron chi connectivity index (χ3n) is 4.59. The van der Waals surface area contributed by atoms with Gasteiger partial charge in [0.2, 0.25) is 0 Å². The van der Waals surface area contributed by atoms with Gasteiger partial charge in [-0.2, -0.15) is 4.48 Å². The molecule has 0 aromatic heterocycles. The molecule has 0 aromatic carbocycles. The molecule has 1 amide bonds. The van der Waals surface area contributed by atoms with Gasteiger partial charge in [0, 0.05) is 18.9 Å². The number of carbonyl (C=O) groups is 1. The molecule has 17 heavy (non-hydrogen) atoms. The SMILES string of the molecule is C[C@@H]1CCC[N+]1(C#N)C(=O)[C@H]1CCCC[C@@H]1N. The van der Waals surface area contributed by atoms with E-state index in [1.54, 1.807) is 0 Å². The van der Waals surface area contributed by atoms with Gasteiger partial charge < -0.3 is 5.73 Å². The monoisotopic (exact) mass is 236 g/mol. The summed E-state index contributed by atoms with van der Waals surface area (Å²) in [4.78, 5) is 12.6. The van der Waals surface area contributed by atoms with Gasteiger partial charge in [-0.15, -0.1) is 5.26 Å². The van der Waals surface area contributed by atoms with E-state index in [0.29, 0.717) is 6.54 Å². The van der Waals surface area contributed by atoms with E-state index < -0.39 is 0 Å². The molecule has 4 atom stereocenters. The second-order valence-corrected chi connectivity index (χ2v) is 5.58. The minimum Gasteiger partial charge on any atom is -0.327 e. The van der Waals surface area contributed by atoms with Crippen molar-refractivity contribution in [2.45, 2.75) is 57.5 Å². The standard InChI is InChI=1S/C13H22N3O/c1-10-5-4-8-16(10,9-14)13(17)11-6-2-3-7-12(11)15/h10-12H,2-8,15H2,1H3/q+1/t10-,11+,12+,16?/m1/s1. The molecule has 0 spiro atoms. The first-order valence-electron chi connectivity index (χ1n) is 6.71. The fourth-order valence-corrected chi connectivity index (χ4v) is 3.36. The molecule has 1 saturated carbocycles. The van der Waals surface area contributed by atoms with E-state index in [2.05, 4.69) is 6.19 Å². The number of nitrogens with zero attached hydrogens (tertiary/aromatic N) is 2. The normalized spacial score (nSPS) is 42.1. The summed E-state index contributed by atoms with van der Waals surface area (Å²) in [5.74, 6) is -0.00588. The lowest BCUT2D eigenvalue weighted by Crippen LogP contribution is -2.57. The van der Waals surface area contributed by atoms with E-state index >= 15 is 0 Å². The summed E-state index contributed by atoms with van der Waals surface area (Å²) in [7, 11) is 0. The molecule has 4 nitrogen and oxygen atoms in total. The second-order valence-electron chi connectivity index (χ2n) is 5.58. The predicted molar refractivity (Wildman–Crippen MR) is 64.4 cm³/mol. The molecular weight excluding hydrogens is 214 g/mol. The number of hydrogen-bond donors (Lipinski definition) is 1. The largest absolute Gasteiger partial charge is 0.333 e. The maximum Gasteiger partial charge on any atom is 0.333 e. The molecule has 1 unspecified atom stereocenters. The van der Waals surface area contributed by atoms with Gasteiger partial charge in [0.15, 0.2) is 0 Å². The molecular formula is C13H22N3O+. The van der Waals surface area contributed by atoms with Crippen molar-refractivity contribution in [2.24, 2.45) is 11.7 Å². The molecule has 1 aliphatic carbocycles. The lowest BCUT2D eigenvalue weighted by molar-refractivity contribution is -0.801. The van der Waals surface area contributed by atoms with Crippen LogP contribution in [0.15, 0.2) is 0 Å². The van der Waals surface area contributed by atoms with Crippen LogP contribution in [-0.2, 0) is 4.79 Å². The highest BCUT2D eigenvalue weighted by Gasteiger charge is 2.51. The molecule has 94 valence electrons. The smallest absolute Gasteiger partial charge is 0.327 e. The number of nitrogens with two attached hydrogens (primary N) is 1. The summed E-state index contributed by atoms with van der Waals surface area (Å²) in [6.07, 6.45) is 8.21. The van der Waals surface area contributed by atoms with E-state index in [4.69, 9.17) is 5.73 Å². The molecule has 2 fully saturated rings. The average Bonchev–Trinajstić information content (AvgIpc) is 2.71. The highest BCUT2D eigenvalue weighted by Crippen LogP contribution is 2.33. The fourth-order valence-electron chi connectivity index (χ4n) is 3.36. The van der Waals surface area contributed by atoms with Crippen LogP contribution >= 0.6 is 0 Å². The summed E-state index contributed by atoms with van der Waals surface area (Å²) < 4.78 is 0.0123. The summed E-state index contributed by atoms with van der Waals surface area (Å²) in [6.45, 7) is 2.70. The summed E-state index contributed by atoms with van der Waals surface area (Å²) in [5.41, 5.74) is 6.07. The Balaban J connectivity index is 2.20. The highest BCUT2D eigenvalue weighted by molar-refractivity contribution is 5.74. The predicted octanol–water partition coefficient (Wildman–Crippen LogP) is 1.51. The van der Waals surface area contributed by atoms with Gasteiger partial charge in [-0.05, 0) is 19.8 Å². The molecule has 1 aliphatic heterocycles. The maximum absolute atomic E-state index is 12.6. The molecule has 2 rings (SSSR count). The van der Waals surface area contributed by atoms with E-state index in [1.807, 2.05) is 6.92 Å². The lowest BCUT2D eigenvalue weighted by atomic mass is 9.83. The Morgan fingerprint density at radius 1 is 1.29 bits per heavy atom. The van der Waals surface area contributed by atoms with E-state index in [9.17, 15) is 10.1 Å². The van der Waals surface area contributed by atoms with Crippen LogP contribution in [0.4, 0.5) is 0 Å². The topological polar surface area (TPSA) is 66.9 Å². The highest BCUT2D eigenvalue weighted by atomic mass is 16.2. The van der Waals surface area contributed by atoms with Gasteiger partial charge in [0.1, 0.15) is 12.6 Å². The molecule has 0 radical (unpaired) electrons. The van der Waals surface area contributed by atoms with Gasteiger partial charge in [0.05, 0.1) is 5.92 Å². The van der Waals surface area contributed by atoms with E-state index in [1.165, 1.54) is 0 Å². The number of likely N-dealkylation sites (tertiary alicyclic amines) is 1. The maximum atomic E-state index is 12.6. The Morgan fingerprint density at radius 2 is 2.00 bits per heavy atom. The Hall–Kier alpha value is -0.920. The summed E-state index contributed by atoms with van der Waals surface area (Å²) in [6, 6.07) is 0.106. The van der Waals surface area contributed by atoms with Gasteiger partial charge in [-0.3, -0.25) is 0 Å². The van der Waals surface area contributed by atoms with Crippen molar-refractivity contribution in [3.05, 3.63) is 0 Å². The number of carbonyl (C=O) groups excluding carboxylic acids is 1. The zero-order valence-electron chi connectivity index (χ0n) is 10.6. The van der Waals surface area contributed by atoms with Crippen LogP contribution in [0.5, 0.6) is 0 Å². The molecule has 0 bridgehead atoms. The summed E-state index contributed by atoms with van der Waals surface area (Å²) in [5, 5.41) is 9.43. The number of quaternary nitrogens is 1. The van der Waals surface area contributed by atoms with Gasteiger partial charge in [0.25, 0.3) is 0 Å². The quantitative estimate of drug-likeness (QED) is 0.554. The third-order valence-corrected chi connectivity index (χ3v) is 4.59. The van der Waals surface area contributed by atoms with E-state index in [-0.39, 0.29) is 28.4 Å². The third kappa shape index (κ3) is 1.98. The molecule has 2 N–H and O–H groups in total. The van der Waals surface area contributed by atoms with Gasteiger partial charge in [-0.25, -0.2) is 4.79 Å². The molecule has 1 saturated heterocycles. The van der Waals surface area contributed by atoms with Crippen LogP contribution in [0.1, 0.15) is 45.4 Å². The van der Waals surface area contributed by atoms with Crippen molar-refractivity contribution < 1.29 is 9.28 Å². The number of amides is 1. The summed E-state index contributed by atoms with van der Waals surface area (Å²) >= 11 is 0. The van der Waals surface area contributed by atoms with Crippen LogP contribution in [0.25, 0.3) is 0 Å². The van der Waals surface area contributed by atoms with Crippen LogP contribution < -0.4 is 5.73 Å². The number of nitriles is 1. The van der Waals surface area contributed by atoms with E-state index in [0.717, 1.165) is 38.5 Å². The Labute approximate surface area is 103 Å². The van der Waals surface area contributed by atoms with Crippen molar-refractivity contribution >= 4 is 5.91 Å². The molecule has 0 aromatic rings. The Kier molecular flexibility index (Phi) is 3.50. The van der Waals surface area contributed by atoms with Crippen LogP contribution in [0, 0.1) is 17.4 Å². The van der Waals surface area contributed by atoms with Crippen molar-refractivity contribution in [1.82, 2.24) is 0 Å². The fraction of sp³-hybridized carbons (Fsp3) is 0.846. The minimum absolute atomic E-state index is 0.0123. The first-order valence-corrected chi connectivity index (χ1v) is 6.71. The molecule has 1 heterocycles. The van der Waals surface area contributed by atoms with Gasteiger partial charge >= 0.3 is 12.1 Å². The van der Waals surface area contributed by atoms with Crippen LogP contribution in [-0.4, -0.2) is 29.0 Å². The van der Waals surface area contributed by atoms with Crippen molar-refractivity contribution in [3.63, 3.8) is 0 Å². The first-order chi connectivity index (χ1) is 8.12. The van der Waals surface area contributed by atoms with Crippen molar-refractivity contribution in [2.75, 3.05) is 6.54 Å². The molecule has 2 aliphatic rings. The zero-order chi connectivity index (χ0) is 12.5. The van der Waals surface area contributed by atoms with Crippen molar-refractivity contribution in [1.29, 1.82) is 5.26 Å². The Morgan fingerprint density at radius 3 is 2.53 bits per heavy atom. The second kappa shape index (κ2) is 4.75. The first kappa shape index (κ1) is 12.5. The zero-order valence-corrected chi connectivity index (χ0v) is 10.6. The lowest BCUT2D eigenvalue weighted by Gasteiger charge is -2.34. The Bertz CT molecular complexity index is 349. The van der Waals surface area contributed by atoms with Gasteiger partial charge in [-0.1, -0.05) is 12.8 Å². The molecule has 4 heteroatoms.